The van der Waals surface area contributed by atoms with Crippen LogP contribution in [0.3, 0.4) is 0 Å². The van der Waals surface area contributed by atoms with E-state index in [-0.39, 0.29) is 0 Å². The van der Waals surface area contributed by atoms with E-state index in [1.165, 1.54) is 17.0 Å². The second kappa shape index (κ2) is 5.50. The summed E-state index contributed by atoms with van der Waals surface area (Å²) < 4.78 is 2.15. The van der Waals surface area contributed by atoms with Crippen LogP contribution in [0.4, 0.5) is 5.69 Å². The van der Waals surface area contributed by atoms with Gasteiger partial charge in [0, 0.05) is 30.7 Å². The van der Waals surface area contributed by atoms with Gasteiger partial charge >= 0.3 is 0 Å². The number of nitriles is 2. The molecular weight excluding hydrogens is 248 g/mol. The lowest BCUT2D eigenvalue weighted by molar-refractivity contribution is 0.837. The molecule has 0 spiro atoms. The minimum atomic E-state index is 0.401. The fourth-order valence-corrected chi connectivity index (χ4v) is 2.15. The Labute approximate surface area is 118 Å². The summed E-state index contributed by atoms with van der Waals surface area (Å²) >= 11 is 0. The molecule has 1 N–H and O–H groups in total. The topological polar surface area (TPSA) is 64.5 Å². The lowest BCUT2D eigenvalue weighted by Crippen LogP contribution is -2.02. The zero-order valence-corrected chi connectivity index (χ0v) is 11.9. The van der Waals surface area contributed by atoms with Crippen molar-refractivity contribution in [3.05, 3.63) is 52.3 Å². The third-order valence-corrected chi connectivity index (χ3v) is 3.62. The van der Waals surface area contributed by atoms with Crippen molar-refractivity contribution >= 4 is 5.69 Å². The van der Waals surface area contributed by atoms with E-state index in [4.69, 9.17) is 10.5 Å². The quantitative estimate of drug-likeness (QED) is 0.926. The van der Waals surface area contributed by atoms with E-state index in [9.17, 15) is 0 Å². The molecule has 4 nitrogen and oxygen atoms in total. The molecule has 0 aliphatic heterocycles. The Hall–Kier alpha value is -2.72. The highest BCUT2D eigenvalue weighted by Gasteiger charge is 2.07. The molecule has 1 aromatic carbocycles. The molecule has 0 bridgehead atoms. The SMILES string of the molecule is Cc1cc(CNc2ccc(C#N)c(C#N)c2)c(C)n1C. The number of nitrogens with one attached hydrogen (secondary N) is 1. The van der Waals surface area contributed by atoms with Gasteiger partial charge in [0.2, 0.25) is 0 Å². The Morgan fingerprint density at radius 1 is 1.10 bits per heavy atom. The highest BCUT2D eigenvalue weighted by Crippen LogP contribution is 2.18. The van der Waals surface area contributed by atoms with Crippen molar-refractivity contribution in [1.29, 1.82) is 10.5 Å². The van der Waals surface area contributed by atoms with Crippen molar-refractivity contribution in [3.63, 3.8) is 0 Å². The summed E-state index contributed by atoms with van der Waals surface area (Å²) in [7, 11) is 2.05. The third kappa shape index (κ3) is 2.50. The maximum atomic E-state index is 9.01. The normalized spacial score (nSPS) is 9.85. The lowest BCUT2D eigenvalue weighted by atomic mass is 10.1. The highest BCUT2D eigenvalue weighted by molar-refractivity contribution is 5.56. The van der Waals surface area contributed by atoms with E-state index in [2.05, 4.69) is 29.8 Å². The average molecular weight is 264 g/mol. The zero-order chi connectivity index (χ0) is 14.7. The first kappa shape index (κ1) is 13.7. The van der Waals surface area contributed by atoms with E-state index in [0.29, 0.717) is 17.7 Å². The van der Waals surface area contributed by atoms with Crippen LogP contribution in [0.2, 0.25) is 0 Å². The van der Waals surface area contributed by atoms with Crippen molar-refractivity contribution in [2.75, 3.05) is 5.32 Å². The number of nitrogens with zero attached hydrogens (tertiary/aromatic N) is 3. The Morgan fingerprint density at radius 2 is 1.80 bits per heavy atom. The average Bonchev–Trinajstić information content (AvgIpc) is 2.72. The van der Waals surface area contributed by atoms with Crippen LogP contribution in [-0.2, 0) is 13.6 Å². The van der Waals surface area contributed by atoms with E-state index >= 15 is 0 Å². The van der Waals surface area contributed by atoms with Gasteiger partial charge in [0.05, 0.1) is 11.1 Å². The van der Waals surface area contributed by atoms with Crippen molar-refractivity contribution in [3.8, 4) is 12.1 Å². The Bertz CT molecular complexity index is 726. The lowest BCUT2D eigenvalue weighted by Gasteiger charge is -2.07. The molecule has 2 aromatic rings. The maximum absolute atomic E-state index is 9.01. The monoisotopic (exact) mass is 264 g/mol. The smallest absolute Gasteiger partial charge is 0.101 e. The molecule has 4 heteroatoms. The molecule has 0 amide bonds. The highest BCUT2D eigenvalue weighted by atomic mass is 15.0. The molecular formula is C16H16N4. The summed E-state index contributed by atoms with van der Waals surface area (Å²) in [6, 6.07) is 11.4. The number of hydrogen-bond donors (Lipinski definition) is 1. The minimum Gasteiger partial charge on any atom is -0.381 e. The van der Waals surface area contributed by atoms with Crippen LogP contribution >= 0.6 is 0 Å². The second-order valence-electron chi connectivity index (χ2n) is 4.79. The van der Waals surface area contributed by atoms with Crippen LogP contribution < -0.4 is 5.32 Å². The molecule has 0 saturated carbocycles. The van der Waals surface area contributed by atoms with E-state index < -0.39 is 0 Å². The number of rotatable bonds is 3. The summed E-state index contributed by atoms with van der Waals surface area (Å²) in [5.74, 6) is 0. The summed E-state index contributed by atoms with van der Waals surface area (Å²) in [6.45, 7) is 4.86. The predicted octanol–water partition coefficient (Wildman–Crippen LogP) is 3.00. The molecule has 0 saturated heterocycles. The van der Waals surface area contributed by atoms with Crippen LogP contribution in [0.25, 0.3) is 0 Å². The van der Waals surface area contributed by atoms with Gasteiger partial charge in [-0.05, 0) is 43.7 Å². The molecule has 1 aromatic heterocycles. The fourth-order valence-electron chi connectivity index (χ4n) is 2.15. The molecule has 0 radical (unpaired) electrons. The summed E-state index contributed by atoms with van der Waals surface area (Å²) in [6.07, 6.45) is 0. The van der Waals surface area contributed by atoms with Crippen LogP contribution in [0.5, 0.6) is 0 Å². The van der Waals surface area contributed by atoms with Gasteiger partial charge in [-0.15, -0.1) is 0 Å². The zero-order valence-electron chi connectivity index (χ0n) is 11.9. The maximum Gasteiger partial charge on any atom is 0.101 e. The van der Waals surface area contributed by atoms with Crippen LogP contribution in [0, 0.1) is 36.5 Å². The largest absolute Gasteiger partial charge is 0.381 e. The summed E-state index contributed by atoms with van der Waals surface area (Å²) in [5, 5.41) is 21.2. The predicted molar refractivity (Wildman–Crippen MR) is 78.1 cm³/mol. The molecule has 0 atom stereocenters. The standard InChI is InChI=1S/C16H16N4/c1-11-6-15(12(2)20(11)3)10-19-16-5-4-13(8-17)14(7-16)9-18/h4-7,19H,10H2,1-3H3. The number of hydrogen-bond acceptors (Lipinski definition) is 3. The minimum absolute atomic E-state index is 0.401. The number of anilines is 1. The van der Waals surface area contributed by atoms with E-state index in [1.54, 1.807) is 12.1 Å². The fraction of sp³-hybridized carbons (Fsp3) is 0.250. The Balaban J connectivity index is 2.18. The molecule has 20 heavy (non-hydrogen) atoms. The van der Waals surface area contributed by atoms with E-state index in [1.807, 2.05) is 25.3 Å². The van der Waals surface area contributed by atoms with Gasteiger partial charge in [0.15, 0.2) is 0 Å². The molecule has 1 heterocycles. The number of aryl methyl sites for hydroxylation is 1. The number of aromatic nitrogens is 1. The van der Waals surface area contributed by atoms with Gasteiger partial charge in [-0.1, -0.05) is 0 Å². The first-order valence-corrected chi connectivity index (χ1v) is 6.36. The van der Waals surface area contributed by atoms with Crippen molar-refractivity contribution in [2.45, 2.75) is 20.4 Å². The second-order valence-corrected chi connectivity index (χ2v) is 4.79. The van der Waals surface area contributed by atoms with Gasteiger partial charge in [-0.3, -0.25) is 0 Å². The van der Waals surface area contributed by atoms with Gasteiger partial charge in [0.1, 0.15) is 12.1 Å². The van der Waals surface area contributed by atoms with Crippen molar-refractivity contribution < 1.29 is 0 Å². The van der Waals surface area contributed by atoms with Gasteiger partial charge in [-0.25, -0.2) is 0 Å². The third-order valence-electron chi connectivity index (χ3n) is 3.62. The Kier molecular flexibility index (Phi) is 3.77. The molecule has 0 aliphatic rings. The molecule has 0 aliphatic carbocycles. The number of benzene rings is 1. The van der Waals surface area contributed by atoms with Crippen molar-refractivity contribution in [1.82, 2.24) is 4.57 Å². The molecule has 0 unspecified atom stereocenters. The van der Waals surface area contributed by atoms with Crippen LogP contribution in [0.1, 0.15) is 28.1 Å². The Morgan fingerprint density at radius 3 is 2.35 bits per heavy atom. The van der Waals surface area contributed by atoms with Gasteiger partial charge in [-0.2, -0.15) is 10.5 Å². The van der Waals surface area contributed by atoms with Crippen LogP contribution in [0.15, 0.2) is 24.3 Å². The first-order valence-electron chi connectivity index (χ1n) is 6.36. The molecule has 2 rings (SSSR count). The summed E-state index contributed by atoms with van der Waals surface area (Å²) in [5.41, 5.74) is 5.33. The van der Waals surface area contributed by atoms with E-state index in [0.717, 1.165) is 5.69 Å². The summed E-state index contributed by atoms with van der Waals surface area (Å²) in [4.78, 5) is 0. The molecule has 100 valence electrons. The first-order chi connectivity index (χ1) is 9.56. The van der Waals surface area contributed by atoms with Gasteiger partial charge in [0.25, 0.3) is 0 Å². The van der Waals surface area contributed by atoms with Crippen molar-refractivity contribution in [2.24, 2.45) is 7.05 Å². The molecule has 0 fully saturated rings. The van der Waals surface area contributed by atoms with Crippen LogP contribution in [-0.4, -0.2) is 4.57 Å². The van der Waals surface area contributed by atoms with Gasteiger partial charge < -0.3 is 9.88 Å².